The van der Waals surface area contributed by atoms with Gasteiger partial charge in [0.15, 0.2) is 5.96 Å². The Balaban J connectivity index is 0.00000385. The Kier molecular flexibility index (Phi) is 10.1. The first-order chi connectivity index (χ1) is 15.3. The lowest BCUT2D eigenvalue weighted by atomic mass is 10.1. The quantitative estimate of drug-likeness (QED) is 0.245. The predicted octanol–water partition coefficient (Wildman–Crippen LogP) is 3.97. The van der Waals surface area contributed by atoms with E-state index >= 15 is 0 Å². The minimum absolute atomic E-state index is 0. The van der Waals surface area contributed by atoms with Crippen molar-refractivity contribution in [2.75, 3.05) is 44.7 Å². The number of guanidine groups is 1. The van der Waals surface area contributed by atoms with Gasteiger partial charge in [0.2, 0.25) is 0 Å². The molecular weight excluding hydrogens is 546 g/mol. The zero-order valence-electron chi connectivity index (χ0n) is 18.9. The standard InChI is InChI=1S/C23H30F3N5O.HI/c1-18-7-5-10-21(32)31(18)12-4-3-11-28-22(27-2)30-15-13-29(14-16-30)20-9-6-8-19(17-20)23(24,25)26;/h5-10,17H,3-4,11-16H2,1-2H3,(H,27,28);1H. The van der Waals surface area contributed by atoms with E-state index in [1.54, 1.807) is 29.8 Å². The highest BCUT2D eigenvalue weighted by molar-refractivity contribution is 14.0. The van der Waals surface area contributed by atoms with Crippen molar-refractivity contribution < 1.29 is 13.2 Å². The molecule has 0 bridgehead atoms. The smallest absolute Gasteiger partial charge is 0.368 e. The molecule has 10 heteroatoms. The van der Waals surface area contributed by atoms with Crippen molar-refractivity contribution >= 4 is 35.6 Å². The summed E-state index contributed by atoms with van der Waals surface area (Å²) in [6, 6.07) is 10.8. The van der Waals surface area contributed by atoms with Gasteiger partial charge < -0.3 is 19.7 Å². The second kappa shape index (κ2) is 12.3. The van der Waals surface area contributed by atoms with Gasteiger partial charge in [-0.15, -0.1) is 24.0 Å². The molecule has 0 atom stereocenters. The number of unbranched alkanes of at least 4 members (excludes halogenated alkanes) is 1. The summed E-state index contributed by atoms with van der Waals surface area (Å²) in [5.74, 6) is 0.793. The average molecular weight is 577 g/mol. The SMILES string of the molecule is CN=C(NCCCCn1c(C)cccc1=O)N1CCN(c2cccc(C(F)(F)F)c2)CC1.I. The molecule has 0 aliphatic carbocycles. The molecule has 0 unspecified atom stereocenters. The van der Waals surface area contributed by atoms with Crippen LogP contribution < -0.4 is 15.8 Å². The topological polar surface area (TPSA) is 52.9 Å². The van der Waals surface area contributed by atoms with Crippen molar-refractivity contribution in [1.82, 2.24) is 14.8 Å². The first-order valence-corrected chi connectivity index (χ1v) is 10.8. The summed E-state index contributed by atoms with van der Waals surface area (Å²) in [7, 11) is 1.73. The Morgan fingerprint density at radius 1 is 1.06 bits per heavy atom. The van der Waals surface area contributed by atoms with Crippen LogP contribution in [0.15, 0.2) is 52.3 Å². The molecule has 0 radical (unpaired) electrons. The van der Waals surface area contributed by atoms with Gasteiger partial charge in [0.25, 0.3) is 5.56 Å². The molecule has 1 aromatic carbocycles. The molecule has 1 aliphatic heterocycles. The number of aromatic nitrogens is 1. The number of aliphatic imine (C=N–C) groups is 1. The third-order valence-corrected chi connectivity index (χ3v) is 5.69. The van der Waals surface area contributed by atoms with Gasteiger partial charge in [0, 0.05) is 63.8 Å². The van der Waals surface area contributed by atoms with Gasteiger partial charge >= 0.3 is 6.18 Å². The van der Waals surface area contributed by atoms with E-state index in [9.17, 15) is 18.0 Å². The van der Waals surface area contributed by atoms with Crippen LogP contribution in [0.3, 0.4) is 0 Å². The highest BCUT2D eigenvalue weighted by atomic mass is 127. The van der Waals surface area contributed by atoms with Crippen LogP contribution in [0.2, 0.25) is 0 Å². The maximum atomic E-state index is 13.0. The Morgan fingerprint density at radius 3 is 2.39 bits per heavy atom. The average Bonchev–Trinajstić information content (AvgIpc) is 2.78. The lowest BCUT2D eigenvalue weighted by Gasteiger charge is -2.37. The van der Waals surface area contributed by atoms with Crippen molar-refractivity contribution in [2.24, 2.45) is 4.99 Å². The third kappa shape index (κ3) is 7.38. The molecule has 3 rings (SSSR count). The number of piperazine rings is 1. The fraction of sp³-hybridized carbons (Fsp3) is 0.478. The van der Waals surface area contributed by atoms with Crippen molar-refractivity contribution in [3.63, 3.8) is 0 Å². The number of alkyl halides is 3. The van der Waals surface area contributed by atoms with E-state index in [0.717, 1.165) is 37.1 Å². The first-order valence-electron chi connectivity index (χ1n) is 10.8. The number of hydrogen-bond acceptors (Lipinski definition) is 3. The van der Waals surface area contributed by atoms with E-state index in [1.165, 1.54) is 12.1 Å². The molecule has 6 nitrogen and oxygen atoms in total. The number of nitrogens with one attached hydrogen (secondary N) is 1. The van der Waals surface area contributed by atoms with Crippen molar-refractivity contribution in [3.05, 3.63) is 64.1 Å². The summed E-state index contributed by atoms with van der Waals surface area (Å²) < 4.78 is 40.8. The summed E-state index contributed by atoms with van der Waals surface area (Å²) in [4.78, 5) is 20.4. The Morgan fingerprint density at radius 2 is 1.76 bits per heavy atom. The van der Waals surface area contributed by atoms with Crippen molar-refractivity contribution in [3.8, 4) is 0 Å². The molecule has 0 spiro atoms. The van der Waals surface area contributed by atoms with Crippen LogP contribution in [0.4, 0.5) is 18.9 Å². The van der Waals surface area contributed by atoms with E-state index in [4.69, 9.17) is 0 Å². The van der Waals surface area contributed by atoms with Gasteiger partial charge in [-0.2, -0.15) is 13.2 Å². The molecule has 33 heavy (non-hydrogen) atoms. The second-order valence-corrected chi connectivity index (χ2v) is 7.86. The molecule has 182 valence electrons. The number of rotatable bonds is 6. The highest BCUT2D eigenvalue weighted by Crippen LogP contribution is 2.31. The minimum atomic E-state index is -4.34. The Labute approximate surface area is 209 Å². The van der Waals surface area contributed by atoms with E-state index in [0.29, 0.717) is 38.4 Å². The highest BCUT2D eigenvalue weighted by Gasteiger charge is 2.31. The zero-order chi connectivity index (χ0) is 23.1. The van der Waals surface area contributed by atoms with Gasteiger partial charge in [0.1, 0.15) is 0 Å². The summed E-state index contributed by atoms with van der Waals surface area (Å²) in [6.45, 7) is 5.95. The van der Waals surface area contributed by atoms with Crippen LogP contribution in [0.1, 0.15) is 24.1 Å². The number of pyridine rings is 1. The number of hydrogen-bond donors (Lipinski definition) is 1. The number of benzene rings is 1. The van der Waals surface area contributed by atoms with E-state index in [-0.39, 0.29) is 29.5 Å². The second-order valence-electron chi connectivity index (χ2n) is 7.86. The number of aryl methyl sites for hydroxylation is 1. The molecule has 1 aromatic heterocycles. The molecule has 2 aromatic rings. The summed E-state index contributed by atoms with van der Waals surface area (Å²) in [5.41, 5.74) is 0.948. The number of anilines is 1. The van der Waals surface area contributed by atoms with Crippen LogP contribution in [-0.2, 0) is 12.7 Å². The van der Waals surface area contributed by atoms with Crippen molar-refractivity contribution in [1.29, 1.82) is 0 Å². The van der Waals surface area contributed by atoms with Gasteiger partial charge in [-0.05, 0) is 44.0 Å². The summed E-state index contributed by atoms with van der Waals surface area (Å²) >= 11 is 0. The molecule has 0 amide bonds. The molecule has 1 fully saturated rings. The molecule has 1 N–H and O–H groups in total. The molecule has 1 saturated heterocycles. The molecule has 1 aliphatic rings. The first kappa shape index (κ1) is 27.0. The zero-order valence-corrected chi connectivity index (χ0v) is 21.3. The monoisotopic (exact) mass is 577 g/mol. The van der Waals surface area contributed by atoms with Crippen LogP contribution >= 0.6 is 24.0 Å². The maximum absolute atomic E-state index is 13.0. The fourth-order valence-corrected chi connectivity index (χ4v) is 3.89. The molecule has 2 heterocycles. The molecular formula is C23H31F3IN5O. The van der Waals surface area contributed by atoms with Gasteiger partial charge in [0.05, 0.1) is 5.56 Å². The van der Waals surface area contributed by atoms with E-state index in [2.05, 4.69) is 15.2 Å². The Hall–Kier alpha value is -2.24. The molecule has 0 saturated carbocycles. The van der Waals surface area contributed by atoms with Gasteiger partial charge in [-0.25, -0.2) is 0 Å². The maximum Gasteiger partial charge on any atom is 0.416 e. The minimum Gasteiger partial charge on any atom is -0.368 e. The number of halogens is 4. The largest absolute Gasteiger partial charge is 0.416 e. The number of nitrogens with zero attached hydrogens (tertiary/aromatic N) is 4. The normalized spacial score (nSPS) is 14.8. The summed E-state index contributed by atoms with van der Waals surface area (Å²) in [5, 5.41) is 3.36. The summed E-state index contributed by atoms with van der Waals surface area (Å²) in [6.07, 6.45) is -2.57. The van der Waals surface area contributed by atoms with Crippen molar-refractivity contribution in [2.45, 2.75) is 32.5 Å². The predicted molar refractivity (Wildman–Crippen MR) is 137 cm³/mol. The van der Waals surface area contributed by atoms with Crippen LogP contribution in [0.5, 0.6) is 0 Å². The van der Waals surface area contributed by atoms with E-state index < -0.39 is 11.7 Å². The van der Waals surface area contributed by atoms with Crippen LogP contribution in [0.25, 0.3) is 0 Å². The lowest BCUT2D eigenvalue weighted by molar-refractivity contribution is -0.137. The fourth-order valence-electron chi connectivity index (χ4n) is 3.89. The van der Waals surface area contributed by atoms with Crippen LogP contribution in [-0.4, -0.2) is 55.2 Å². The van der Waals surface area contributed by atoms with E-state index in [1.807, 2.05) is 17.9 Å². The third-order valence-electron chi connectivity index (χ3n) is 5.69. The van der Waals surface area contributed by atoms with Crippen LogP contribution in [0, 0.1) is 6.92 Å². The van der Waals surface area contributed by atoms with Gasteiger partial charge in [-0.3, -0.25) is 9.79 Å². The Bertz CT molecular complexity index is 985. The van der Waals surface area contributed by atoms with Gasteiger partial charge in [-0.1, -0.05) is 12.1 Å². The lowest BCUT2D eigenvalue weighted by Crippen LogP contribution is -2.52.